The van der Waals surface area contributed by atoms with E-state index in [0.717, 1.165) is 10.9 Å². The fraction of sp³-hybridized carbons (Fsp3) is 0.0625. The largest absolute Gasteiger partial charge is 0.493 e. The van der Waals surface area contributed by atoms with Gasteiger partial charge in [0.1, 0.15) is 0 Å². The van der Waals surface area contributed by atoms with Crippen LogP contribution in [0.3, 0.4) is 0 Å². The van der Waals surface area contributed by atoms with Gasteiger partial charge in [-0.2, -0.15) is 0 Å². The van der Waals surface area contributed by atoms with E-state index in [1.807, 2.05) is 30.3 Å². The number of hydrogen-bond acceptors (Lipinski definition) is 3. The number of hydrogen-bond donors (Lipinski definition) is 1. The third kappa shape index (κ3) is 2.71. The number of methoxy groups -OCH3 is 1. The summed E-state index contributed by atoms with van der Waals surface area (Å²) in [6.45, 7) is 0. The maximum atomic E-state index is 11.3. The normalized spacial score (nSPS) is 10.6. The van der Waals surface area contributed by atoms with Crippen molar-refractivity contribution >= 4 is 27.7 Å². The Labute approximate surface area is 126 Å². The fourth-order valence-corrected chi connectivity index (χ4v) is 2.22. The first-order valence-electron chi connectivity index (χ1n) is 6.31. The lowest BCUT2D eigenvalue weighted by atomic mass is 10.2. The van der Waals surface area contributed by atoms with Gasteiger partial charge in [0.2, 0.25) is 0 Å². The Hall–Kier alpha value is -2.46. The van der Waals surface area contributed by atoms with Crippen molar-refractivity contribution in [1.29, 1.82) is 0 Å². The number of benzene rings is 2. The maximum absolute atomic E-state index is 11.3. The number of carbonyl (C=O) groups is 1. The van der Waals surface area contributed by atoms with Crippen LogP contribution in [0.2, 0.25) is 0 Å². The average Bonchev–Trinajstić information content (AvgIpc) is 2.89. The third-order valence-electron chi connectivity index (χ3n) is 3.12. The van der Waals surface area contributed by atoms with Gasteiger partial charge in [-0.15, -0.1) is 0 Å². The second kappa shape index (κ2) is 5.50. The molecule has 106 valence electrons. The molecule has 5 heteroatoms. The van der Waals surface area contributed by atoms with Gasteiger partial charge >= 0.3 is 0 Å². The van der Waals surface area contributed by atoms with Crippen molar-refractivity contribution in [1.82, 2.24) is 4.98 Å². The molecule has 0 amide bonds. The van der Waals surface area contributed by atoms with Gasteiger partial charge in [-0.1, -0.05) is 18.2 Å². The zero-order chi connectivity index (χ0) is 14.8. The molecule has 3 rings (SSSR count). The Morgan fingerprint density at radius 1 is 1.10 bits per heavy atom. The number of aromatic nitrogens is 1. The van der Waals surface area contributed by atoms with E-state index in [1.54, 1.807) is 18.2 Å². The highest BCUT2D eigenvalue weighted by Crippen LogP contribution is 2.33. The van der Waals surface area contributed by atoms with Crippen LogP contribution in [-0.2, 0) is 0 Å². The highest BCUT2D eigenvalue weighted by atomic mass is 35.5. The molecule has 1 N–H and O–H groups in total. The van der Waals surface area contributed by atoms with Gasteiger partial charge in [0, 0.05) is 22.5 Å². The molecule has 0 unspecified atom stereocenters. The molecule has 1 aromatic heterocycles. The number of carbonyl (C=O) groups excluding carboxylic acids is 1. The molecule has 0 atom stereocenters. The van der Waals surface area contributed by atoms with Crippen LogP contribution in [0.5, 0.6) is 17.4 Å². The van der Waals surface area contributed by atoms with E-state index in [0.29, 0.717) is 22.9 Å². The minimum Gasteiger partial charge on any atom is -0.493 e. The zero-order valence-corrected chi connectivity index (χ0v) is 12.0. The van der Waals surface area contributed by atoms with Crippen LogP contribution < -0.4 is 9.47 Å². The van der Waals surface area contributed by atoms with Gasteiger partial charge in [0.05, 0.1) is 7.11 Å². The van der Waals surface area contributed by atoms with Crippen molar-refractivity contribution in [2.75, 3.05) is 7.11 Å². The van der Waals surface area contributed by atoms with E-state index < -0.39 is 5.24 Å². The smallest absolute Gasteiger partial charge is 0.252 e. The summed E-state index contributed by atoms with van der Waals surface area (Å²) >= 11 is 5.49. The maximum Gasteiger partial charge on any atom is 0.252 e. The summed E-state index contributed by atoms with van der Waals surface area (Å²) in [5.41, 5.74) is 1.32. The van der Waals surface area contributed by atoms with Crippen LogP contribution in [0.4, 0.5) is 0 Å². The lowest BCUT2D eigenvalue weighted by molar-refractivity contribution is 0.108. The molecule has 21 heavy (non-hydrogen) atoms. The van der Waals surface area contributed by atoms with E-state index in [9.17, 15) is 4.79 Å². The molecule has 0 saturated carbocycles. The highest BCUT2D eigenvalue weighted by molar-refractivity contribution is 6.67. The molecule has 0 radical (unpaired) electrons. The van der Waals surface area contributed by atoms with Gasteiger partial charge in [-0.25, -0.2) is 0 Å². The number of aromatic amines is 1. The van der Waals surface area contributed by atoms with Crippen molar-refractivity contribution in [3.63, 3.8) is 0 Å². The Kier molecular flexibility index (Phi) is 3.54. The minimum atomic E-state index is -0.542. The van der Waals surface area contributed by atoms with Crippen LogP contribution in [0.1, 0.15) is 10.4 Å². The number of fused-ring (bicyclic) bond motifs is 1. The Morgan fingerprint density at radius 3 is 2.62 bits per heavy atom. The Balaban J connectivity index is 1.99. The Morgan fingerprint density at radius 2 is 1.90 bits per heavy atom. The van der Waals surface area contributed by atoms with Crippen LogP contribution >= 0.6 is 11.6 Å². The molecular formula is C16H12ClNO3. The first-order valence-corrected chi connectivity index (χ1v) is 6.68. The lowest BCUT2D eigenvalue weighted by Gasteiger charge is -2.09. The van der Waals surface area contributed by atoms with Gasteiger partial charge in [0.15, 0.2) is 17.4 Å². The van der Waals surface area contributed by atoms with Gasteiger partial charge in [-0.05, 0) is 35.9 Å². The van der Waals surface area contributed by atoms with Gasteiger partial charge in [-0.3, -0.25) is 4.79 Å². The second-order valence-electron chi connectivity index (χ2n) is 4.46. The topological polar surface area (TPSA) is 51.3 Å². The molecule has 4 nitrogen and oxygen atoms in total. The molecule has 2 aromatic carbocycles. The van der Waals surface area contributed by atoms with E-state index in [4.69, 9.17) is 21.1 Å². The number of H-pyrrole nitrogens is 1. The van der Waals surface area contributed by atoms with E-state index in [1.165, 1.54) is 7.11 Å². The standard InChI is InChI=1S/C16H12ClNO3/c1-20-13-7-6-11(16(17)19)8-14(13)21-15-9-10-4-2-3-5-12(10)18-15/h2-9,18H,1H3. The summed E-state index contributed by atoms with van der Waals surface area (Å²) in [7, 11) is 1.54. The van der Waals surface area contributed by atoms with Crippen molar-refractivity contribution in [2.24, 2.45) is 0 Å². The number of para-hydroxylation sites is 1. The predicted octanol–water partition coefficient (Wildman–Crippen LogP) is 4.35. The predicted molar refractivity (Wildman–Crippen MR) is 81.6 cm³/mol. The molecular weight excluding hydrogens is 290 g/mol. The van der Waals surface area contributed by atoms with Gasteiger partial charge < -0.3 is 14.5 Å². The first kappa shape index (κ1) is 13.5. The molecule has 0 bridgehead atoms. The number of ether oxygens (including phenoxy) is 2. The van der Waals surface area contributed by atoms with Crippen LogP contribution in [0, 0.1) is 0 Å². The molecule has 0 spiro atoms. The molecule has 0 aliphatic heterocycles. The molecule has 0 fully saturated rings. The lowest BCUT2D eigenvalue weighted by Crippen LogP contribution is -1.94. The monoisotopic (exact) mass is 301 g/mol. The van der Waals surface area contributed by atoms with Crippen LogP contribution in [0.25, 0.3) is 10.9 Å². The molecule has 0 aliphatic rings. The SMILES string of the molecule is COc1ccc(C(=O)Cl)cc1Oc1cc2ccccc2[nH]1. The summed E-state index contributed by atoms with van der Waals surface area (Å²) in [5, 5.41) is 0.496. The summed E-state index contributed by atoms with van der Waals surface area (Å²) in [6.07, 6.45) is 0. The molecule has 0 aliphatic carbocycles. The van der Waals surface area contributed by atoms with Crippen molar-refractivity contribution in [2.45, 2.75) is 0 Å². The minimum absolute atomic E-state index is 0.351. The second-order valence-corrected chi connectivity index (χ2v) is 4.81. The zero-order valence-electron chi connectivity index (χ0n) is 11.2. The van der Waals surface area contributed by atoms with E-state index in [2.05, 4.69) is 4.98 Å². The number of nitrogens with one attached hydrogen (secondary N) is 1. The average molecular weight is 302 g/mol. The summed E-state index contributed by atoms with van der Waals surface area (Å²) in [5.74, 6) is 1.51. The Bertz CT molecular complexity index is 777. The summed E-state index contributed by atoms with van der Waals surface area (Å²) in [6, 6.07) is 14.5. The van der Waals surface area contributed by atoms with Crippen molar-refractivity contribution in [3.05, 3.63) is 54.1 Å². The van der Waals surface area contributed by atoms with Crippen molar-refractivity contribution < 1.29 is 14.3 Å². The van der Waals surface area contributed by atoms with E-state index in [-0.39, 0.29) is 0 Å². The molecule has 0 saturated heterocycles. The highest BCUT2D eigenvalue weighted by Gasteiger charge is 2.11. The van der Waals surface area contributed by atoms with Gasteiger partial charge in [0.25, 0.3) is 5.24 Å². The molecule has 3 aromatic rings. The quantitative estimate of drug-likeness (QED) is 0.729. The summed E-state index contributed by atoms with van der Waals surface area (Å²) < 4.78 is 11.0. The van der Waals surface area contributed by atoms with Crippen LogP contribution in [0.15, 0.2) is 48.5 Å². The molecule has 1 heterocycles. The van der Waals surface area contributed by atoms with Crippen molar-refractivity contribution in [3.8, 4) is 17.4 Å². The fourth-order valence-electron chi connectivity index (χ4n) is 2.10. The number of halogens is 1. The van der Waals surface area contributed by atoms with Crippen LogP contribution in [-0.4, -0.2) is 17.3 Å². The van der Waals surface area contributed by atoms with E-state index >= 15 is 0 Å². The first-order chi connectivity index (χ1) is 10.2. The third-order valence-corrected chi connectivity index (χ3v) is 3.33. The summed E-state index contributed by atoms with van der Waals surface area (Å²) in [4.78, 5) is 14.4. The number of rotatable bonds is 4.